The van der Waals surface area contributed by atoms with Gasteiger partial charge in [-0.15, -0.1) is 5.10 Å². The molecule has 1 aromatic heterocycles. The molecule has 0 bridgehead atoms. The first-order chi connectivity index (χ1) is 7.65. The average Bonchev–Trinajstić information content (AvgIpc) is 2.65. The molecular weight excluding hydrogens is 208 g/mol. The van der Waals surface area contributed by atoms with Crippen molar-refractivity contribution in [1.82, 2.24) is 15.0 Å². The predicted octanol–water partition coefficient (Wildman–Crippen LogP) is 0.773. The quantitative estimate of drug-likeness (QED) is 0.780. The fourth-order valence-corrected chi connectivity index (χ4v) is 1.23. The van der Waals surface area contributed by atoms with E-state index < -0.39 is 0 Å². The molecule has 0 aliphatic carbocycles. The Morgan fingerprint density at radius 2 is 2.31 bits per heavy atom. The third-order valence-corrected chi connectivity index (χ3v) is 1.94. The van der Waals surface area contributed by atoms with Crippen LogP contribution < -0.4 is 5.32 Å². The highest BCUT2D eigenvalue weighted by Gasteiger charge is 2.09. The standard InChI is InChI=1S/C10H10N4O2/c1-14-6-9(12-13-14)10(16)11-7-3-2-4-8(15)5-7/h2-6,15H,1H3,(H,11,16). The number of aryl methyl sites for hydroxylation is 1. The summed E-state index contributed by atoms with van der Waals surface area (Å²) in [6.45, 7) is 0. The van der Waals surface area contributed by atoms with E-state index in [-0.39, 0.29) is 17.4 Å². The van der Waals surface area contributed by atoms with Gasteiger partial charge in [-0.1, -0.05) is 11.3 Å². The van der Waals surface area contributed by atoms with Crippen molar-refractivity contribution in [3.8, 4) is 5.75 Å². The van der Waals surface area contributed by atoms with E-state index in [0.29, 0.717) is 5.69 Å². The summed E-state index contributed by atoms with van der Waals surface area (Å²) in [5, 5.41) is 19.1. The summed E-state index contributed by atoms with van der Waals surface area (Å²) < 4.78 is 1.44. The van der Waals surface area contributed by atoms with Gasteiger partial charge in [-0.3, -0.25) is 9.48 Å². The highest BCUT2D eigenvalue weighted by Crippen LogP contribution is 2.15. The first-order valence-corrected chi connectivity index (χ1v) is 4.62. The third-order valence-electron chi connectivity index (χ3n) is 1.94. The topological polar surface area (TPSA) is 80.0 Å². The van der Waals surface area contributed by atoms with E-state index in [1.54, 1.807) is 19.2 Å². The number of aromatic hydroxyl groups is 1. The van der Waals surface area contributed by atoms with E-state index in [9.17, 15) is 9.90 Å². The lowest BCUT2D eigenvalue weighted by Gasteiger charge is -2.02. The minimum absolute atomic E-state index is 0.0944. The van der Waals surface area contributed by atoms with Crippen molar-refractivity contribution in [3.63, 3.8) is 0 Å². The highest BCUT2D eigenvalue weighted by atomic mass is 16.3. The number of amides is 1. The molecule has 2 rings (SSSR count). The van der Waals surface area contributed by atoms with Crippen LogP contribution in [0, 0.1) is 0 Å². The molecule has 0 unspecified atom stereocenters. The molecule has 2 N–H and O–H groups in total. The first kappa shape index (κ1) is 10.2. The first-order valence-electron chi connectivity index (χ1n) is 4.62. The summed E-state index contributed by atoms with van der Waals surface area (Å²) >= 11 is 0. The Labute approximate surface area is 91.5 Å². The molecule has 0 saturated heterocycles. The normalized spacial score (nSPS) is 10.1. The van der Waals surface area contributed by atoms with E-state index in [2.05, 4.69) is 15.6 Å². The number of nitrogens with one attached hydrogen (secondary N) is 1. The third kappa shape index (κ3) is 2.17. The van der Waals surface area contributed by atoms with Crippen LogP contribution in [0.5, 0.6) is 5.75 Å². The Morgan fingerprint density at radius 3 is 2.94 bits per heavy atom. The Kier molecular flexibility index (Phi) is 2.55. The number of aromatic nitrogens is 3. The van der Waals surface area contributed by atoms with Crippen molar-refractivity contribution >= 4 is 11.6 Å². The summed E-state index contributed by atoms with van der Waals surface area (Å²) in [6.07, 6.45) is 1.51. The molecule has 6 heteroatoms. The second-order valence-electron chi connectivity index (χ2n) is 3.28. The molecule has 0 radical (unpaired) electrons. The lowest BCUT2D eigenvalue weighted by molar-refractivity contribution is 0.102. The van der Waals surface area contributed by atoms with E-state index in [4.69, 9.17) is 0 Å². The number of phenols is 1. The van der Waals surface area contributed by atoms with Crippen molar-refractivity contribution < 1.29 is 9.90 Å². The van der Waals surface area contributed by atoms with Crippen LogP contribution in [0.3, 0.4) is 0 Å². The second kappa shape index (κ2) is 4.01. The zero-order chi connectivity index (χ0) is 11.5. The van der Waals surface area contributed by atoms with Gasteiger partial charge in [0, 0.05) is 18.8 Å². The van der Waals surface area contributed by atoms with Gasteiger partial charge in [-0.25, -0.2) is 0 Å². The smallest absolute Gasteiger partial charge is 0.277 e. The summed E-state index contributed by atoms with van der Waals surface area (Å²) in [6, 6.07) is 6.29. The minimum Gasteiger partial charge on any atom is -0.508 e. The lowest BCUT2D eigenvalue weighted by Crippen LogP contribution is -2.12. The van der Waals surface area contributed by atoms with E-state index >= 15 is 0 Å². The van der Waals surface area contributed by atoms with Crippen LogP contribution >= 0.6 is 0 Å². The van der Waals surface area contributed by atoms with Gasteiger partial charge in [0.15, 0.2) is 5.69 Å². The molecule has 6 nitrogen and oxygen atoms in total. The number of carbonyl (C=O) groups is 1. The van der Waals surface area contributed by atoms with Crippen molar-refractivity contribution in [1.29, 1.82) is 0 Å². The average molecular weight is 218 g/mol. The van der Waals surface area contributed by atoms with Crippen LogP contribution in [0.25, 0.3) is 0 Å². The maximum atomic E-state index is 11.6. The van der Waals surface area contributed by atoms with Crippen LogP contribution in [0.1, 0.15) is 10.5 Å². The number of nitrogens with zero attached hydrogens (tertiary/aromatic N) is 3. The Balaban J connectivity index is 2.13. The minimum atomic E-state index is -0.362. The molecule has 16 heavy (non-hydrogen) atoms. The number of hydrogen-bond acceptors (Lipinski definition) is 4. The Hall–Kier alpha value is -2.37. The van der Waals surface area contributed by atoms with Gasteiger partial charge in [-0.2, -0.15) is 0 Å². The number of rotatable bonds is 2. The molecule has 0 aliphatic heterocycles. The Bertz CT molecular complexity index is 521. The number of hydrogen-bond donors (Lipinski definition) is 2. The summed E-state index contributed by atoms with van der Waals surface area (Å²) in [4.78, 5) is 11.6. The zero-order valence-corrected chi connectivity index (χ0v) is 8.58. The molecule has 2 aromatic rings. The zero-order valence-electron chi connectivity index (χ0n) is 8.58. The van der Waals surface area contributed by atoms with E-state index in [1.807, 2.05) is 0 Å². The number of carbonyl (C=O) groups excluding carboxylic acids is 1. The number of phenolic OH excluding ortho intramolecular Hbond substituents is 1. The summed E-state index contributed by atoms with van der Waals surface area (Å²) in [5.74, 6) is -0.268. The molecule has 0 fully saturated rings. The number of benzene rings is 1. The van der Waals surface area contributed by atoms with Gasteiger partial charge in [0.2, 0.25) is 0 Å². The number of anilines is 1. The van der Waals surface area contributed by atoms with Gasteiger partial charge in [0.1, 0.15) is 5.75 Å². The monoisotopic (exact) mass is 218 g/mol. The maximum absolute atomic E-state index is 11.6. The Morgan fingerprint density at radius 1 is 1.50 bits per heavy atom. The van der Waals surface area contributed by atoms with Gasteiger partial charge in [0.05, 0.1) is 6.20 Å². The maximum Gasteiger partial charge on any atom is 0.277 e. The van der Waals surface area contributed by atoms with Crippen molar-refractivity contribution in [2.24, 2.45) is 7.05 Å². The lowest BCUT2D eigenvalue weighted by atomic mass is 10.3. The molecule has 0 aliphatic rings. The largest absolute Gasteiger partial charge is 0.508 e. The van der Waals surface area contributed by atoms with Gasteiger partial charge < -0.3 is 10.4 Å². The van der Waals surface area contributed by atoms with Crippen LogP contribution in [-0.2, 0) is 7.05 Å². The molecule has 1 amide bonds. The van der Waals surface area contributed by atoms with Crippen LogP contribution in [0.15, 0.2) is 30.5 Å². The van der Waals surface area contributed by atoms with Gasteiger partial charge in [-0.05, 0) is 12.1 Å². The molecule has 1 heterocycles. The van der Waals surface area contributed by atoms with Crippen LogP contribution in [-0.4, -0.2) is 26.0 Å². The van der Waals surface area contributed by atoms with E-state index in [0.717, 1.165) is 0 Å². The molecule has 0 saturated carbocycles. The molecule has 1 aromatic carbocycles. The van der Waals surface area contributed by atoms with Crippen molar-refractivity contribution in [2.75, 3.05) is 5.32 Å². The van der Waals surface area contributed by atoms with Crippen LogP contribution in [0.2, 0.25) is 0 Å². The summed E-state index contributed by atoms with van der Waals surface area (Å²) in [7, 11) is 1.68. The molecule has 0 atom stereocenters. The second-order valence-corrected chi connectivity index (χ2v) is 3.28. The predicted molar refractivity (Wildman–Crippen MR) is 57.1 cm³/mol. The van der Waals surface area contributed by atoms with Crippen molar-refractivity contribution in [2.45, 2.75) is 0 Å². The van der Waals surface area contributed by atoms with Gasteiger partial charge >= 0.3 is 0 Å². The highest BCUT2D eigenvalue weighted by molar-refractivity contribution is 6.02. The molecular formula is C10H10N4O2. The van der Waals surface area contributed by atoms with Crippen LogP contribution in [0.4, 0.5) is 5.69 Å². The van der Waals surface area contributed by atoms with E-state index in [1.165, 1.54) is 23.0 Å². The SMILES string of the molecule is Cn1cc(C(=O)Nc2cccc(O)c2)nn1. The fourth-order valence-electron chi connectivity index (χ4n) is 1.23. The summed E-state index contributed by atoms with van der Waals surface area (Å²) in [5.41, 5.74) is 0.737. The molecule has 82 valence electrons. The fraction of sp³-hybridized carbons (Fsp3) is 0.100. The molecule has 0 spiro atoms. The van der Waals surface area contributed by atoms with Gasteiger partial charge in [0.25, 0.3) is 5.91 Å². The van der Waals surface area contributed by atoms with Crippen molar-refractivity contribution in [3.05, 3.63) is 36.2 Å².